The number of carbonyl (C=O) groups excluding carboxylic acids is 2. The molecular weight excluding hydrogens is 366 g/mol. The van der Waals surface area contributed by atoms with E-state index in [1.807, 2.05) is 56.4 Å². The van der Waals surface area contributed by atoms with Crippen LogP contribution in [0.25, 0.3) is 0 Å². The first-order valence-corrected chi connectivity index (χ1v) is 10.2. The largest absolute Gasteiger partial charge is 0.357 e. The summed E-state index contributed by atoms with van der Waals surface area (Å²) < 4.78 is 0. The highest BCUT2D eigenvalue weighted by molar-refractivity contribution is 5.90. The van der Waals surface area contributed by atoms with Crippen molar-refractivity contribution in [1.82, 2.24) is 15.6 Å². The van der Waals surface area contributed by atoms with Crippen LogP contribution in [0.15, 0.2) is 42.6 Å². The minimum absolute atomic E-state index is 0.0220. The molecule has 1 fully saturated rings. The van der Waals surface area contributed by atoms with Crippen molar-refractivity contribution in [2.75, 3.05) is 23.3 Å². The number of benzene rings is 1. The van der Waals surface area contributed by atoms with Gasteiger partial charge in [-0.15, -0.1) is 0 Å². The lowest BCUT2D eigenvalue weighted by Gasteiger charge is -2.17. The second-order valence-corrected chi connectivity index (χ2v) is 7.29. The van der Waals surface area contributed by atoms with Crippen molar-refractivity contribution in [3.63, 3.8) is 0 Å². The molecule has 1 atom stereocenters. The maximum atomic E-state index is 12.2. The van der Waals surface area contributed by atoms with Crippen molar-refractivity contribution < 1.29 is 9.59 Å². The molecule has 7 nitrogen and oxygen atoms in total. The minimum atomic E-state index is -0.232. The molecule has 1 aliphatic heterocycles. The number of amides is 3. The lowest BCUT2D eigenvalue weighted by atomic mass is 10.1. The summed E-state index contributed by atoms with van der Waals surface area (Å²) in [6.07, 6.45) is 4.70. The third-order valence-electron chi connectivity index (χ3n) is 5.06. The van der Waals surface area contributed by atoms with Crippen molar-refractivity contribution in [2.24, 2.45) is 0 Å². The first-order valence-electron chi connectivity index (χ1n) is 10.2. The average Bonchev–Trinajstić information content (AvgIpc) is 3.28. The van der Waals surface area contributed by atoms with Crippen LogP contribution in [0.1, 0.15) is 50.3 Å². The van der Waals surface area contributed by atoms with Gasteiger partial charge in [0.25, 0.3) is 0 Å². The van der Waals surface area contributed by atoms with Gasteiger partial charge in [0.15, 0.2) is 0 Å². The third-order valence-corrected chi connectivity index (χ3v) is 5.06. The molecular formula is C22H29N5O2. The topological polar surface area (TPSA) is 86.4 Å². The van der Waals surface area contributed by atoms with Gasteiger partial charge < -0.3 is 20.9 Å². The van der Waals surface area contributed by atoms with E-state index in [0.29, 0.717) is 13.0 Å². The van der Waals surface area contributed by atoms with Gasteiger partial charge in [-0.1, -0.05) is 25.1 Å². The number of rotatable bonds is 7. The molecule has 2 aromatic rings. The Morgan fingerprint density at radius 2 is 1.83 bits per heavy atom. The Morgan fingerprint density at radius 3 is 2.45 bits per heavy atom. The zero-order valence-corrected chi connectivity index (χ0v) is 17.1. The van der Waals surface area contributed by atoms with E-state index in [9.17, 15) is 9.59 Å². The number of anilines is 2. The number of carbonyl (C=O) groups is 2. The van der Waals surface area contributed by atoms with Crippen LogP contribution in [0, 0.1) is 0 Å². The monoisotopic (exact) mass is 395 g/mol. The highest BCUT2D eigenvalue weighted by Gasteiger charge is 2.13. The van der Waals surface area contributed by atoms with Crippen molar-refractivity contribution in [3.8, 4) is 0 Å². The summed E-state index contributed by atoms with van der Waals surface area (Å²) in [6.45, 7) is 6.29. The Morgan fingerprint density at radius 1 is 1.10 bits per heavy atom. The standard InChI is InChI=1S/C22H29N5O2/c1-3-21(28)26-19-9-7-18(8-10-19)16(2)25-22(29)24-15-17-6-11-20(23-14-17)27-12-4-5-13-27/h6-11,14,16H,3-5,12-13,15H2,1-2H3,(H,26,28)(H2,24,25,29). The van der Waals surface area contributed by atoms with Crippen LogP contribution in [0.4, 0.5) is 16.3 Å². The van der Waals surface area contributed by atoms with Crippen molar-refractivity contribution in [2.45, 2.75) is 45.7 Å². The van der Waals surface area contributed by atoms with E-state index in [-0.39, 0.29) is 18.0 Å². The van der Waals surface area contributed by atoms with Gasteiger partial charge in [-0.2, -0.15) is 0 Å². The number of hydrogen-bond donors (Lipinski definition) is 3. The fourth-order valence-corrected chi connectivity index (χ4v) is 3.27. The Kier molecular flexibility index (Phi) is 7.05. The second kappa shape index (κ2) is 9.91. The molecule has 0 spiro atoms. The summed E-state index contributed by atoms with van der Waals surface area (Å²) in [7, 11) is 0. The quantitative estimate of drug-likeness (QED) is 0.669. The highest BCUT2D eigenvalue weighted by Crippen LogP contribution is 2.18. The van der Waals surface area contributed by atoms with E-state index in [0.717, 1.165) is 35.7 Å². The molecule has 154 valence electrons. The molecule has 1 unspecified atom stereocenters. The van der Waals surface area contributed by atoms with Crippen LogP contribution in [0.3, 0.4) is 0 Å². The molecule has 1 aliphatic rings. The van der Waals surface area contributed by atoms with Crippen LogP contribution < -0.4 is 20.9 Å². The zero-order chi connectivity index (χ0) is 20.6. The summed E-state index contributed by atoms with van der Waals surface area (Å²) in [6, 6.07) is 11.1. The van der Waals surface area contributed by atoms with Gasteiger partial charge >= 0.3 is 6.03 Å². The van der Waals surface area contributed by atoms with Gasteiger partial charge in [-0.3, -0.25) is 4.79 Å². The Labute approximate surface area is 171 Å². The zero-order valence-electron chi connectivity index (χ0n) is 17.1. The molecule has 0 radical (unpaired) electrons. The molecule has 1 aromatic heterocycles. The van der Waals surface area contributed by atoms with Crippen molar-refractivity contribution in [3.05, 3.63) is 53.7 Å². The summed E-state index contributed by atoms with van der Waals surface area (Å²) in [4.78, 5) is 30.4. The number of nitrogens with one attached hydrogen (secondary N) is 3. The molecule has 0 aliphatic carbocycles. The molecule has 0 saturated carbocycles. The Balaban J connectivity index is 1.45. The summed E-state index contributed by atoms with van der Waals surface area (Å²) in [5.74, 6) is 0.981. The van der Waals surface area contributed by atoms with Gasteiger partial charge in [0.1, 0.15) is 5.82 Å². The molecule has 3 rings (SSSR count). The fraction of sp³-hybridized carbons (Fsp3) is 0.409. The lowest BCUT2D eigenvalue weighted by Crippen LogP contribution is -2.36. The van der Waals surface area contributed by atoms with Crippen molar-refractivity contribution in [1.29, 1.82) is 0 Å². The summed E-state index contributed by atoms with van der Waals surface area (Å²) in [5, 5.41) is 8.61. The molecule has 29 heavy (non-hydrogen) atoms. The van der Waals surface area contributed by atoms with E-state index in [1.54, 1.807) is 0 Å². The SMILES string of the molecule is CCC(=O)Nc1ccc(C(C)NC(=O)NCc2ccc(N3CCCC3)nc2)cc1. The van der Waals surface area contributed by atoms with Gasteiger partial charge in [-0.25, -0.2) is 9.78 Å². The predicted octanol–water partition coefficient (Wildman–Crippen LogP) is 3.59. The van der Waals surface area contributed by atoms with E-state index in [4.69, 9.17) is 0 Å². The lowest BCUT2D eigenvalue weighted by molar-refractivity contribution is -0.115. The number of nitrogens with zero attached hydrogens (tertiary/aromatic N) is 2. The molecule has 1 aromatic carbocycles. The predicted molar refractivity (Wildman–Crippen MR) is 115 cm³/mol. The Hall–Kier alpha value is -3.09. The molecule has 3 amide bonds. The minimum Gasteiger partial charge on any atom is -0.357 e. The smallest absolute Gasteiger partial charge is 0.315 e. The van der Waals surface area contributed by atoms with Gasteiger partial charge in [-0.05, 0) is 49.1 Å². The second-order valence-electron chi connectivity index (χ2n) is 7.29. The normalized spacial score (nSPS) is 14.3. The number of urea groups is 1. The first-order chi connectivity index (χ1) is 14.0. The molecule has 0 bridgehead atoms. The highest BCUT2D eigenvalue weighted by atomic mass is 16.2. The molecule has 7 heteroatoms. The van der Waals surface area contributed by atoms with Crippen LogP contribution in [-0.2, 0) is 11.3 Å². The third kappa shape index (κ3) is 5.94. The number of pyridine rings is 1. The summed E-state index contributed by atoms with van der Waals surface area (Å²) >= 11 is 0. The van der Waals surface area contributed by atoms with Crippen LogP contribution in [0.2, 0.25) is 0 Å². The fourth-order valence-electron chi connectivity index (χ4n) is 3.27. The maximum Gasteiger partial charge on any atom is 0.315 e. The number of hydrogen-bond acceptors (Lipinski definition) is 4. The molecule has 1 saturated heterocycles. The van der Waals surface area contributed by atoms with Gasteiger partial charge in [0.05, 0.1) is 6.04 Å². The van der Waals surface area contributed by atoms with Crippen LogP contribution in [-0.4, -0.2) is 30.0 Å². The molecule has 2 heterocycles. The van der Waals surface area contributed by atoms with Gasteiger partial charge in [0.2, 0.25) is 5.91 Å². The average molecular weight is 396 g/mol. The number of aromatic nitrogens is 1. The van der Waals surface area contributed by atoms with Crippen LogP contribution in [0.5, 0.6) is 0 Å². The molecule has 3 N–H and O–H groups in total. The van der Waals surface area contributed by atoms with E-state index in [2.05, 4.69) is 25.8 Å². The summed E-state index contributed by atoms with van der Waals surface area (Å²) in [5.41, 5.74) is 2.68. The van der Waals surface area contributed by atoms with Crippen LogP contribution >= 0.6 is 0 Å². The Bertz CT molecular complexity index is 814. The van der Waals surface area contributed by atoms with E-state index < -0.39 is 0 Å². The van der Waals surface area contributed by atoms with Gasteiger partial charge in [0, 0.05) is 37.9 Å². The first kappa shape index (κ1) is 20.6. The van der Waals surface area contributed by atoms with E-state index in [1.165, 1.54) is 12.8 Å². The van der Waals surface area contributed by atoms with E-state index >= 15 is 0 Å². The van der Waals surface area contributed by atoms with Crippen molar-refractivity contribution >= 4 is 23.4 Å². The maximum absolute atomic E-state index is 12.2.